The van der Waals surface area contributed by atoms with Gasteiger partial charge in [0.25, 0.3) is 0 Å². The van der Waals surface area contributed by atoms with E-state index in [1.54, 1.807) is 0 Å². The van der Waals surface area contributed by atoms with Gasteiger partial charge in [-0.25, -0.2) is 0 Å². The molecule has 1 aliphatic carbocycles. The predicted octanol–water partition coefficient (Wildman–Crippen LogP) is 2.03. The standard InChI is InChI=1S/C9H10.C5H12N2O/c1-2-4-8(5-3-1)9-6-7-9;1-4(2)7-5(8)3-6/h1-5,9H,6-7H2;4H,3,6H2,1-2H3,(H,7,8). The zero-order chi connectivity index (χ0) is 12.7. The van der Waals surface area contributed by atoms with Crippen LogP contribution in [0, 0.1) is 0 Å². The number of nitrogens with one attached hydrogen (secondary N) is 1. The third kappa shape index (κ3) is 6.07. The van der Waals surface area contributed by atoms with Crippen LogP contribution in [-0.2, 0) is 4.79 Å². The molecule has 0 aromatic heterocycles. The Morgan fingerprint density at radius 1 is 1.35 bits per heavy atom. The van der Waals surface area contributed by atoms with Gasteiger partial charge in [-0.05, 0) is 38.2 Å². The molecule has 1 aromatic rings. The molecular formula is C14H22N2O. The topological polar surface area (TPSA) is 55.1 Å². The lowest BCUT2D eigenvalue weighted by atomic mass is 10.1. The van der Waals surface area contributed by atoms with Crippen LogP contribution < -0.4 is 11.1 Å². The van der Waals surface area contributed by atoms with Crippen LogP contribution in [0.2, 0.25) is 0 Å². The second-order valence-corrected chi connectivity index (χ2v) is 4.61. The monoisotopic (exact) mass is 234 g/mol. The molecule has 2 rings (SSSR count). The summed E-state index contributed by atoms with van der Waals surface area (Å²) in [7, 11) is 0. The highest BCUT2D eigenvalue weighted by Crippen LogP contribution is 2.39. The fourth-order valence-electron chi connectivity index (χ4n) is 1.52. The average molecular weight is 234 g/mol. The minimum atomic E-state index is -0.0972. The zero-order valence-electron chi connectivity index (χ0n) is 10.6. The van der Waals surface area contributed by atoms with Crippen molar-refractivity contribution in [3.8, 4) is 0 Å². The SMILES string of the molecule is CC(C)NC(=O)CN.c1ccc(C2CC2)cc1. The number of amides is 1. The molecule has 3 heteroatoms. The fourth-order valence-corrected chi connectivity index (χ4v) is 1.52. The van der Waals surface area contributed by atoms with Crippen molar-refractivity contribution in [1.29, 1.82) is 0 Å². The van der Waals surface area contributed by atoms with Gasteiger partial charge in [-0.1, -0.05) is 30.3 Å². The lowest BCUT2D eigenvalue weighted by Crippen LogP contribution is -2.35. The summed E-state index contributed by atoms with van der Waals surface area (Å²) >= 11 is 0. The molecule has 1 saturated carbocycles. The van der Waals surface area contributed by atoms with Gasteiger partial charge in [0.1, 0.15) is 0 Å². The highest BCUT2D eigenvalue weighted by atomic mass is 16.1. The molecule has 1 amide bonds. The van der Waals surface area contributed by atoms with E-state index in [4.69, 9.17) is 5.73 Å². The van der Waals surface area contributed by atoms with Crippen LogP contribution in [0.4, 0.5) is 0 Å². The van der Waals surface area contributed by atoms with Gasteiger partial charge in [0.05, 0.1) is 6.54 Å². The van der Waals surface area contributed by atoms with Crippen LogP contribution in [0.5, 0.6) is 0 Å². The normalized spacial score (nSPS) is 13.9. The first-order valence-electron chi connectivity index (χ1n) is 6.18. The molecular weight excluding hydrogens is 212 g/mol. The Morgan fingerprint density at radius 3 is 2.29 bits per heavy atom. The van der Waals surface area contributed by atoms with Gasteiger partial charge in [-0.3, -0.25) is 4.79 Å². The summed E-state index contributed by atoms with van der Waals surface area (Å²) in [4.78, 5) is 10.4. The number of hydrogen-bond donors (Lipinski definition) is 2. The van der Waals surface area contributed by atoms with E-state index in [1.807, 2.05) is 13.8 Å². The summed E-state index contributed by atoms with van der Waals surface area (Å²) in [5, 5.41) is 2.63. The van der Waals surface area contributed by atoms with E-state index in [-0.39, 0.29) is 18.5 Å². The molecule has 1 aromatic carbocycles. The van der Waals surface area contributed by atoms with Gasteiger partial charge >= 0.3 is 0 Å². The number of nitrogens with two attached hydrogens (primary N) is 1. The van der Waals surface area contributed by atoms with Crippen molar-refractivity contribution >= 4 is 5.91 Å². The molecule has 3 N–H and O–H groups in total. The third-order valence-electron chi connectivity index (χ3n) is 2.48. The highest BCUT2D eigenvalue weighted by molar-refractivity contribution is 5.77. The van der Waals surface area contributed by atoms with Crippen molar-refractivity contribution in [3.05, 3.63) is 35.9 Å². The molecule has 0 atom stereocenters. The first-order valence-corrected chi connectivity index (χ1v) is 6.18. The Balaban J connectivity index is 0.000000172. The Bertz CT molecular complexity index is 331. The summed E-state index contributed by atoms with van der Waals surface area (Å²) in [6, 6.07) is 11.0. The summed E-state index contributed by atoms with van der Waals surface area (Å²) in [5.41, 5.74) is 6.53. The summed E-state index contributed by atoms with van der Waals surface area (Å²) in [5.74, 6) is 0.811. The number of carbonyl (C=O) groups excluding carboxylic acids is 1. The summed E-state index contributed by atoms with van der Waals surface area (Å²) < 4.78 is 0. The van der Waals surface area contributed by atoms with Crippen LogP contribution in [-0.4, -0.2) is 18.5 Å². The van der Waals surface area contributed by atoms with E-state index in [0.717, 1.165) is 5.92 Å². The molecule has 0 aliphatic heterocycles. The van der Waals surface area contributed by atoms with Gasteiger partial charge in [0, 0.05) is 6.04 Å². The quantitative estimate of drug-likeness (QED) is 0.841. The Kier molecular flexibility index (Phi) is 5.70. The fraction of sp³-hybridized carbons (Fsp3) is 0.500. The van der Waals surface area contributed by atoms with Gasteiger partial charge in [0.15, 0.2) is 0 Å². The molecule has 0 unspecified atom stereocenters. The van der Waals surface area contributed by atoms with Crippen molar-refractivity contribution in [2.75, 3.05) is 6.54 Å². The van der Waals surface area contributed by atoms with Crippen molar-refractivity contribution in [2.45, 2.75) is 38.6 Å². The maximum Gasteiger partial charge on any atom is 0.233 e. The van der Waals surface area contributed by atoms with E-state index in [9.17, 15) is 4.79 Å². The number of carbonyl (C=O) groups is 1. The maximum absolute atomic E-state index is 10.4. The van der Waals surface area contributed by atoms with Crippen LogP contribution >= 0.6 is 0 Å². The lowest BCUT2D eigenvalue weighted by molar-refractivity contribution is -0.120. The Morgan fingerprint density at radius 2 is 1.94 bits per heavy atom. The molecule has 3 nitrogen and oxygen atoms in total. The maximum atomic E-state index is 10.4. The molecule has 0 spiro atoms. The van der Waals surface area contributed by atoms with Crippen molar-refractivity contribution in [2.24, 2.45) is 5.73 Å². The second kappa shape index (κ2) is 7.07. The van der Waals surface area contributed by atoms with Gasteiger partial charge < -0.3 is 11.1 Å². The van der Waals surface area contributed by atoms with Crippen LogP contribution in [0.25, 0.3) is 0 Å². The first-order chi connectivity index (χ1) is 8.13. The number of benzene rings is 1. The van der Waals surface area contributed by atoms with Gasteiger partial charge in [-0.2, -0.15) is 0 Å². The molecule has 94 valence electrons. The minimum Gasteiger partial charge on any atom is -0.353 e. The second-order valence-electron chi connectivity index (χ2n) is 4.61. The smallest absolute Gasteiger partial charge is 0.233 e. The van der Waals surface area contributed by atoms with E-state index in [1.165, 1.54) is 18.4 Å². The molecule has 17 heavy (non-hydrogen) atoms. The summed E-state index contributed by atoms with van der Waals surface area (Å²) in [6.45, 7) is 3.87. The van der Waals surface area contributed by atoms with Gasteiger partial charge in [0.2, 0.25) is 5.91 Å². The Hall–Kier alpha value is -1.35. The molecule has 1 aliphatic rings. The zero-order valence-corrected chi connectivity index (χ0v) is 10.6. The van der Waals surface area contributed by atoms with Crippen LogP contribution in [0.1, 0.15) is 38.2 Å². The summed E-state index contributed by atoms with van der Waals surface area (Å²) in [6.07, 6.45) is 2.81. The predicted molar refractivity (Wildman–Crippen MR) is 70.8 cm³/mol. The average Bonchev–Trinajstić information content (AvgIpc) is 3.14. The first kappa shape index (κ1) is 13.7. The van der Waals surface area contributed by atoms with Gasteiger partial charge in [-0.15, -0.1) is 0 Å². The number of hydrogen-bond acceptors (Lipinski definition) is 2. The molecule has 0 saturated heterocycles. The van der Waals surface area contributed by atoms with E-state index in [2.05, 4.69) is 35.6 Å². The number of rotatable bonds is 3. The molecule has 0 heterocycles. The lowest BCUT2D eigenvalue weighted by Gasteiger charge is -2.04. The largest absolute Gasteiger partial charge is 0.353 e. The highest BCUT2D eigenvalue weighted by Gasteiger charge is 2.22. The van der Waals surface area contributed by atoms with Crippen molar-refractivity contribution < 1.29 is 4.79 Å². The third-order valence-corrected chi connectivity index (χ3v) is 2.48. The van der Waals surface area contributed by atoms with E-state index >= 15 is 0 Å². The van der Waals surface area contributed by atoms with Crippen molar-refractivity contribution in [3.63, 3.8) is 0 Å². The van der Waals surface area contributed by atoms with E-state index in [0.29, 0.717) is 0 Å². The van der Waals surface area contributed by atoms with E-state index < -0.39 is 0 Å². The minimum absolute atomic E-state index is 0.0815. The van der Waals surface area contributed by atoms with Crippen LogP contribution in [0.3, 0.4) is 0 Å². The molecule has 0 radical (unpaired) electrons. The van der Waals surface area contributed by atoms with Crippen molar-refractivity contribution in [1.82, 2.24) is 5.32 Å². The molecule has 1 fully saturated rings. The molecule has 0 bridgehead atoms. The van der Waals surface area contributed by atoms with Crippen LogP contribution in [0.15, 0.2) is 30.3 Å². The Labute approximate surface area is 103 Å².